The molecule has 0 aliphatic heterocycles. The van der Waals surface area contributed by atoms with Crippen molar-refractivity contribution in [2.24, 2.45) is 0 Å². The minimum Gasteiger partial charge on any atom is -0.463 e. The normalized spacial score (nSPS) is 10.4. The summed E-state index contributed by atoms with van der Waals surface area (Å²) in [6, 6.07) is 0. The second kappa shape index (κ2) is 13.1. The maximum absolute atomic E-state index is 11.2. The molecule has 0 aromatic heterocycles. The average Bonchev–Trinajstić information content (AvgIpc) is 2.48. The van der Waals surface area contributed by atoms with Crippen molar-refractivity contribution in [2.45, 2.75) is 46.0 Å². The number of hydrogen-bond donors (Lipinski definition) is 0. The van der Waals surface area contributed by atoms with Crippen molar-refractivity contribution in [3.05, 3.63) is 12.2 Å². The summed E-state index contributed by atoms with van der Waals surface area (Å²) in [5, 5.41) is 0. The predicted molar refractivity (Wildman–Crippen MR) is 76.5 cm³/mol. The number of unbranched alkanes of at least 4 members (excludes halogenated alkanes) is 3. The molecule has 0 radical (unpaired) electrons. The molecule has 0 aliphatic rings. The summed E-state index contributed by atoms with van der Waals surface area (Å²) in [7, 11) is 0. The third-order valence-corrected chi connectivity index (χ3v) is 2.40. The van der Waals surface area contributed by atoms with Crippen LogP contribution >= 0.6 is 0 Å². The molecule has 0 rings (SSSR count). The zero-order chi connectivity index (χ0) is 15.9. The van der Waals surface area contributed by atoms with Crippen LogP contribution in [0.5, 0.6) is 0 Å². The van der Waals surface area contributed by atoms with Crippen molar-refractivity contribution in [3.63, 3.8) is 0 Å². The first-order valence-electron chi connectivity index (χ1n) is 7.27. The Morgan fingerprint density at radius 2 is 1.43 bits per heavy atom. The van der Waals surface area contributed by atoms with Crippen molar-refractivity contribution in [1.29, 1.82) is 0 Å². The standard InChI is InChI=1S/C15H24O6/c1-3-5-6-7-11-20-15(18)12-21-14(17)9-8-13(16)19-10-4-2/h8-9H,3-7,10-12H2,1-2H3/b9-8-. The van der Waals surface area contributed by atoms with Crippen LogP contribution in [0.1, 0.15) is 46.0 Å². The highest BCUT2D eigenvalue weighted by molar-refractivity contribution is 5.92. The van der Waals surface area contributed by atoms with Crippen molar-refractivity contribution in [1.82, 2.24) is 0 Å². The van der Waals surface area contributed by atoms with Crippen LogP contribution in [0.15, 0.2) is 12.2 Å². The Hall–Kier alpha value is -1.85. The van der Waals surface area contributed by atoms with Gasteiger partial charge in [-0.15, -0.1) is 0 Å². The molecular weight excluding hydrogens is 276 g/mol. The largest absolute Gasteiger partial charge is 0.463 e. The van der Waals surface area contributed by atoms with Crippen molar-refractivity contribution < 1.29 is 28.6 Å². The van der Waals surface area contributed by atoms with Crippen molar-refractivity contribution in [3.8, 4) is 0 Å². The highest BCUT2D eigenvalue weighted by Crippen LogP contribution is 1.99. The van der Waals surface area contributed by atoms with Crippen LogP contribution in [-0.4, -0.2) is 37.7 Å². The minimum absolute atomic E-state index is 0.294. The lowest BCUT2D eigenvalue weighted by Gasteiger charge is -2.04. The molecule has 0 N–H and O–H groups in total. The zero-order valence-electron chi connectivity index (χ0n) is 12.8. The molecular formula is C15H24O6. The number of carbonyl (C=O) groups excluding carboxylic acids is 3. The lowest BCUT2D eigenvalue weighted by Crippen LogP contribution is -2.16. The van der Waals surface area contributed by atoms with Gasteiger partial charge in [-0.3, -0.25) is 0 Å². The second-order valence-corrected chi connectivity index (χ2v) is 4.39. The molecule has 6 heteroatoms. The van der Waals surface area contributed by atoms with Gasteiger partial charge in [0.2, 0.25) is 0 Å². The lowest BCUT2D eigenvalue weighted by molar-refractivity contribution is -0.156. The van der Waals surface area contributed by atoms with E-state index in [2.05, 4.69) is 11.7 Å². The molecule has 6 nitrogen and oxygen atoms in total. The summed E-state index contributed by atoms with van der Waals surface area (Å²) in [4.78, 5) is 33.5. The molecule has 0 spiro atoms. The minimum atomic E-state index is -0.786. The Balaban J connectivity index is 3.69. The van der Waals surface area contributed by atoms with Gasteiger partial charge in [-0.2, -0.15) is 0 Å². The van der Waals surface area contributed by atoms with Gasteiger partial charge in [0.1, 0.15) is 0 Å². The molecule has 0 aliphatic carbocycles. The summed E-state index contributed by atoms with van der Waals surface area (Å²) < 4.78 is 14.2. The van der Waals surface area contributed by atoms with Crippen LogP contribution in [-0.2, 0) is 28.6 Å². The van der Waals surface area contributed by atoms with E-state index in [1.54, 1.807) is 0 Å². The van der Waals surface area contributed by atoms with Crippen LogP contribution in [0.4, 0.5) is 0 Å². The van der Waals surface area contributed by atoms with Crippen LogP contribution in [0, 0.1) is 0 Å². The highest BCUT2D eigenvalue weighted by atomic mass is 16.6. The first-order valence-corrected chi connectivity index (χ1v) is 7.27. The quantitative estimate of drug-likeness (QED) is 0.252. The van der Waals surface area contributed by atoms with E-state index >= 15 is 0 Å². The SMILES string of the molecule is CCCCCCOC(=O)COC(=O)/C=C\C(=O)OCCC. The van der Waals surface area contributed by atoms with Crippen LogP contribution in [0.2, 0.25) is 0 Å². The van der Waals surface area contributed by atoms with Crippen LogP contribution < -0.4 is 0 Å². The Bertz CT molecular complexity index is 348. The van der Waals surface area contributed by atoms with Gasteiger partial charge in [0, 0.05) is 12.2 Å². The van der Waals surface area contributed by atoms with Gasteiger partial charge in [0.05, 0.1) is 13.2 Å². The monoisotopic (exact) mass is 300 g/mol. The number of ether oxygens (including phenoxy) is 3. The molecule has 120 valence electrons. The summed E-state index contributed by atoms with van der Waals surface area (Å²) in [6.07, 6.45) is 6.61. The second-order valence-electron chi connectivity index (χ2n) is 4.39. The molecule has 0 saturated carbocycles. The Kier molecular flexibility index (Phi) is 12.0. The maximum Gasteiger partial charge on any atom is 0.344 e. The van der Waals surface area contributed by atoms with Gasteiger partial charge in [-0.1, -0.05) is 33.1 Å². The van der Waals surface area contributed by atoms with Crippen molar-refractivity contribution >= 4 is 17.9 Å². The van der Waals surface area contributed by atoms with Crippen LogP contribution in [0.25, 0.3) is 0 Å². The molecule has 0 saturated heterocycles. The summed E-state index contributed by atoms with van der Waals surface area (Å²) in [6.45, 7) is 4.12. The number of rotatable bonds is 11. The zero-order valence-corrected chi connectivity index (χ0v) is 12.8. The predicted octanol–water partition coefficient (Wildman–Crippen LogP) is 2.16. The molecule has 0 heterocycles. The average molecular weight is 300 g/mol. The van der Waals surface area contributed by atoms with Gasteiger partial charge in [-0.25, -0.2) is 14.4 Å². The fraction of sp³-hybridized carbons (Fsp3) is 0.667. The number of carbonyl (C=O) groups is 3. The molecule has 0 fully saturated rings. The Labute approximate surface area is 125 Å². The highest BCUT2D eigenvalue weighted by Gasteiger charge is 2.06. The third-order valence-electron chi connectivity index (χ3n) is 2.40. The molecule has 0 amide bonds. The molecule has 0 atom stereocenters. The lowest BCUT2D eigenvalue weighted by atomic mass is 10.2. The van der Waals surface area contributed by atoms with E-state index in [0.717, 1.165) is 37.8 Å². The molecule has 0 unspecified atom stereocenters. The smallest absolute Gasteiger partial charge is 0.344 e. The number of hydrogen-bond acceptors (Lipinski definition) is 6. The van der Waals surface area contributed by atoms with Gasteiger partial charge in [0.15, 0.2) is 6.61 Å². The number of esters is 3. The Morgan fingerprint density at radius 1 is 0.762 bits per heavy atom. The fourth-order valence-corrected chi connectivity index (χ4v) is 1.32. The molecule has 21 heavy (non-hydrogen) atoms. The van der Waals surface area contributed by atoms with Gasteiger partial charge in [0.25, 0.3) is 0 Å². The first-order chi connectivity index (χ1) is 10.1. The van der Waals surface area contributed by atoms with E-state index in [4.69, 9.17) is 9.47 Å². The van der Waals surface area contributed by atoms with E-state index in [1.165, 1.54) is 0 Å². The summed E-state index contributed by atoms with van der Waals surface area (Å²) >= 11 is 0. The van der Waals surface area contributed by atoms with E-state index in [9.17, 15) is 14.4 Å². The molecule has 0 aromatic carbocycles. The summed E-state index contributed by atoms with van der Waals surface area (Å²) in [5.41, 5.74) is 0. The van der Waals surface area contributed by atoms with Gasteiger partial charge < -0.3 is 14.2 Å². The van der Waals surface area contributed by atoms with E-state index in [0.29, 0.717) is 19.6 Å². The fourth-order valence-electron chi connectivity index (χ4n) is 1.32. The van der Waals surface area contributed by atoms with Gasteiger partial charge in [-0.05, 0) is 12.8 Å². The van der Waals surface area contributed by atoms with E-state index in [-0.39, 0.29) is 0 Å². The van der Waals surface area contributed by atoms with Gasteiger partial charge >= 0.3 is 17.9 Å². The maximum atomic E-state index is 11.2. The van der Waals surface area contributed by atoms with E-state index in [1.807, 2.05) is 6.92 Å². The Morgan fingerprint density at radius 3 is 2.05 bits per heavy atom. The van der Waals surface area contributed by atoms with E-state index < -0.39 is 24.5 Å². The van der Waals surface area contributed by atoms with Crippen molar-refractivity contribution in [2.75, 3.05) is 19.8 Å². The summed E-state index contributed by atoms with van der Waals surface area (Å²) in [5.74, 6) is -2.00. The topological polar surface area (TPSA) is 78.9 Å². The molecule has 0 aromatic rings. The third kappa shape index (κ3) is 12.9. The molecule has 0 bridgehead atoms. The first kappa shape index (κ1) is 19.1. The van der Waals surface area contributed by atoms with Crippen LogP contribution in [0.3, 0.4) is 0 Å².